The Kier molecular flexibility index (Phi) is 4.19. The van der Waals surface area contributed by atoms with E-state index in [9.17, 15) is 0 Å². The molecule has 0 heterocycles. The van der Waals surface area contributed by atoms with Crippen LogP contribution in [0.1, 0.15) is 25.0 Å². The zero-order chi connectivity index (χ0) is 21.7. The number of rotatable bonds is 3. The first-order chi connectivity index (χ1) is 15.6. The summed E-state index contributed by atoms with van der Waals surface area (Å²) < 4.78 is 0. The molecule has 1 heteroatoms. The molecule has 1 N–H and O–H groups in total. The van der Waals surface area contributed by atoms with Gasteiger partial charge in [0.1, 0.15) is 0 Å². The average Bonchev–Trinajstić information content (AvgIpc) is 3.06. The molecule has 6 rings (SSSR count). The standard InChI is InChI=1S/C31H25N/c1-31(2)28-15-9-8-14-25(28)26-17-16-24(20-29(26)31)32-30-19-23-13-7-6-12-22(23)18-27(30)21-10-4-3-5-11-21/h3-20,32H,1-2H3. The minimum atomic E-state index is -0.00470. The zero-order valence-corrected chi connectivity index (χ0v) is 18.4. The third-order valence-corrected chi connectivity index (χ3v) is 6.83. The molecule has 0 saturated carbocycles. The van der Waals surface area contributed by atoms with Crippen LogP contribution in [0.3, 0.4) is 0 Å². The van der Waals surface area contributed by atoms with E-state index in [4.69, 9.17) is 0 Å². The molecule has 0 amide bonds. The van der Waals surface area contributed by atoms with Crippen LogP contribution in [-0.2, 0) is 5.41 Å². The van der Waals surface area contributed by atoms with Crippen LogP contribution in [0, 0.1) is 0 Å². The number of benzene rings is 5. The lowest BCUT2D eigenvalue weighted by atomic mass is 9.82. The molecule has 0 fully saturated rings. The van der Waals surface area contributed by atoms with E-state index in [1.165, 1.54) is 44.2 Å². The van der Waals surface area contributed by atoms with E-state index in [0.29, 0.717) is 0 Å². The second-order valence-corrected chi connectivity index (χ2v) is 9.17. The summed E-state index contributed by atoms with van der Waals surface area (Å²) in [6.07, 6.45) is 0. The molecular formula is C31H25N. The quantitative estimate of drug-likeness (QED) is 0.313. The fraction of sp³-hybridized carbons (Fsp3) is 0.0968. The van der Waals surface area contributed by atoms with Crippen LogP contribution < -0.4 is 5.32 Å². The summed E-state index contributed by atoms with van der Waals surface area (Å²) in [5, 5.41) is 6.25. The number of nitrogens with one attached hydrogen (secondary N) is 1. The predicted octanol–water partition coefficient (Wildman–Crippen LogP) is 8.56. The molecule has 5 aromatic rings. The lowest BCUT2D eigenvalue weighted by Gasteiger charge is -2.22. The van der Waals surface area contributed by atoms with Crippen LogP contribution in [0.4, 0.5) is 11.4 Å². The van der Waals surface area contributed by atoms with Crippen LogP contribution >= 0.6 is 0 Å². The fourth-order valence-corrected chi connectivity index (χ4v) is 5.14. The Morgan fingerprint density at radius 1 is 0.531 bits per heavy atom. The van der Waals surface area contributed by atoms with Gasteiger partial charge in [-0.05, 0) is 62.9 Å². The Hall–Kier alpha value is -3.84. The van der Waals surface area contributed by atoms with Crippen molar-refractivity contribution in [3.63, 3.8) is 0 Å². The van der Waals surface area contributed by atoms with Crippen molar-refractivity contribution in [2.24, 2.45) is 0 Å². The van der Waals surface area contributed by atoms with E-state index in [1.54, 1.807) is 0 Å². The molecule has 0 saturated heterocycles. The van der Waals surface area contributed by atoms with Crippen molar-refractivity contribution in [1.82, 2.24) is 0 Å². The van der Waals surface area contributed by atoms with Gasteiger partial charge in [0.15, 0.2) is 0 Å². The summed E-state index contributed by atoms with van der Waals surface area (Å²) in [6, 6.07) is 39.3. The molecule has 0 aromatic heterocycles. The molecule has 5 aromatic carbocycles. The molecule has 1 nitrogen and oxygen atoms in total. The second-order valence-electron chi connectivity index (χ2n) is 9.17. The number of anilines is 2. The van der Waals surface area contributed by atoms with Crippen molar-refractivity contribution in [2.75, 3.05) is 5.32 Å². The summed E-state index contributed by atoms with van der Waals surface area (Å²) >= 11 is 0. The van der Waals surface area contributed by atoms with Gasteiger partial charge < -0.3 is 5.32 Å². The van der Waals surface area contributed by atoms with Gasteiger partial charge in [-0.3, -0.25) is 0 Å². The Bertz CT molecular complexity index is 1460. The van der Waals surface area contributed by atoms with E-state index in [-0.39, 0.29) is 5.41 Å². The fourth-order valence-electron chi connectivity index (χ4n) is 5.14. The van der Waals surface area contributed by atoms with Crippen molar-refractivity contribution in [2.45, 2.75) is 19.3 Å². The number of hydrogen-bond donors (Lipinski definition) is 1. The maximum atomic E-state index is 3.76. The lowest BCUT2D eigenvalue weighted by Crippen LogP contribution is -2.15. The van der Waals surface area contributed by atoms with Crippen LogP contribution in [0.5, 0.6) is 0 Å². The number of hydrogen-bond acceptors (Lipinski definition) is 1. The molecule has 32 heavy (non-hydrogen) atoms. The van der Waals surface area contributed by atoms with Crippen molar-refractivity contribution >= 4 is 22.1 Å². The van der Waals surface area contributed by atoms with E-state index >= 15 is 0 Å². The van der Waals surface area contributed by atoms with E-state index < -0.39 is 0 Å². The molecular weight excluding hydrogens is 386 g/mol. The van der Waals surface area contributed by atoms with Crippen LogP contribution in [0.2, 0.25) is 0 Å². The van der Waals surface area contributed by atoms with Crippen LogP contribution in [0.15, 0.2) is 109 Å². The number of fused-ring (bicyclic) bond motifs is 4. The molecule has 1 aliphatic rings. The SMILES string of the molecule is CC1(C)c2ccccc2-c2ccc(Nc3cc4ccccc4cc3-c3ccccc3)cc21. The largest absolute Gasteiger partial charge is 0.355 e. The van der Waals surface area contributed by atoms with Crippen molar-refractivity contribution in [3.8, 4) is 22.3 Å². The molecule has 154 valence electrons. The monoisotopic (exact) mass is 411 g/mol. The zero-order valence-electron chi connectivity index (χ0n) is 18.4. The summed E-state index contributed by atoms with van der Waals surface area (Å²) in [4.78, 5) is 0. The summed E-state index contributed by atoms with van der Waals surface area (Å²) in [6.45, 7) is 4.65. The van der Waals surface area contributed by atoms with Crippen molar-refractivity contribution in [1.29, 1.82) is 0 Å². The van der Waals surface area contributed by atoms with Crippen molar-refractivity contribution in [3.05, 3.63) is 120 Å². The molecule has 0 unspecified atom stereocenters. The lowest BCUT2D eigenvalue weighted by molar-refractivity contribution is 0.660. The van der Waals surface area contributed by atoms with Gasteiger partial charge in [-0.2, -0.15) is 0 Å². The Morgan fingerprint density at radius 2 is 1.19 bits per heavy atom. The highest BCUT2D eigenvalue weighted by Gasteiger charge is 2.35. The second kappa shape index (κ2) is 7.10. The Morgan fingerprint density at radius 3 is 2.00 bits per heavy atom. The smallest absolute Gasteiger partial charge is 0.0470 e. The summed E-state index contributed by atoms with van der Waals surface area (Å²) in [5.41, 5.74) is 10.2. The van der Waals surface area contributed by atoms with E-state index in [0.717, 1.165) is 11.4 Å². The molecule has 0 atom stereocenters. The highest BCUT2D eigenvalue weighted by molar-refractivity contribution is 5.95. The maximum absolute atomic E-state index is 3.76. The van der Waals surface area contributed by atoms with Crippen LogP contribution in [0.25, 0.3) is 33.0 Å². The van der Waals surface area contributed by atoms with Gasteiger partial charge in [0.25, 0.3) is 0 Å². The molecule has 0 aliphatic heterocycles. The van der Waals surface area contributed by atoms with Gasteiger partial charge in [0.05, 0.1) is 0 Å². The van der Waals surface area contributed by atoms with Crippen molar-refractivity contribution < 1.29 is 0 Å². The third kappa shape index (κ3) is 2.93. The highest BCUT2D eigenvalue weighted by Crippen LogP contribution is 2.49. The first-order valence-electron chi connectivity index (χ1n) is 11.2. The van der Waals surface area contributed by atoms with Crippen LogP contribution in [-0.4, -0.2) is 0 Å². The maximum Gasteiger partial charge on any atom is 0.0470 e. The van der Waals surface area contributed by atoms with Gasteiger partial charge in [-0.15, -0.1) is 0 Å². The average molecular weight is 412 g/mol. The van der Waals surface area contributed by atoms with Gasteiger partial charge in [-0.1, -0.05) is 98.8 Å². The molecule has 1 aliphatic carbocycles. The Balaban J connectivity index is 1.48. The third-order valence-electron chi connectivity index (χ3n) is 6.83. The van der Waals surface area contributed by atoms with Gasteiger partial charge >= 0.3 is 0 Å². The minimum Gasteiger partial charge on any atom is -0.355 e. The minimum absolute atomic E-state index is 0.00470. The molecule has 0 bridgehead atoms. The van der Waals surface area contributed by atoms with Gasteiger partial charge in [0.2, 0.25) is 0 Å². The Labute approximate surface area is 189 Å². The topological polar surface area (TPSA) is 12.0 Å². The van der Waals surface area contributed by atoms with Gasteiger partial charge in [-0.25, -0.2) is 0 Å². The van der Waals surface area contributed by atoms with E-state index in [2.05, 4.69) is 128 Å². The van der Waals surface area contributed by atoms with E-state index in [1.807, 2.05) is 0 Å². The summed E-state index contributed by atoms with van der Waals surface area (Å²) in [5.74, 6) is 0. The first-order valence-corrected chi connectivity index (χ1v) is 11.2. The first kappa shape index (κ1) is 18.9. The predicted molar refractivity (Wildman–Crippen MR) is 137 cm³/mol. The molecule has 0 radical (unpaired) electrons. The normalized spacial score (nSPS) is 13.6. The van der Waals surface area contributed by atoms with Gasteiger partial charge in [0, 0.05) is 22.4 Å². The highest BCUT2D eigenvalue weighted by atomic mass is 14.9. The molecule has 0 spiro atoms. The summed E-state index contributed by atoms with van der Waals surface area (Å²) in [7, 11) is 0.